The summed E-state index contributed by atoms with van der Waals surface area (Å²) in [5.41, 5.74) is 0. The van der Waals surface area contributed by atoms with Gasteiger partial charge in [0, 0.05) is 9.50 Å². The molecule has 0 amide bonds. The lowest BCUT2D eigenvalue weighted by Gasteiger charge is -2.18. The van der Waals surface area contributed by atoms with Crippen molar-refractivity contribution < 1.29 is 10.2 Å². The maximum atomic E-state index is 9.33. The molecule has 1 aliphatic carbocycles. The number of rotatable bonds is 1. The Kier molecular flexibility index (Phi) is 3.63. The molecule has 0 saturated carbocycles. The molecule has 1 atom stereocenters. The highest BCUT2D eigenvalue weighted by molar-refractivity contribution is 14.1. The third-order valence-electron chi connectivity index (χ3n) is 1.56. The number of allylic oxidation sites excluding steroid dienone is 2. The summed E-state index contributed by atoms with van der Waals surface area (Å²) in [5.74, 6) is 0.410. The Balaban J connectivity index is 2.87. The van der Waals surface area contributed by atoms with Crippen LogP contribution >= 0.6 is 45.2 Å². The Morgan fingerprint density at radius 2 is 2.18 bits per heavy atom. The van der Waals surface area contributed by atoms with Gasteiger partial charge in [0.05, 0.1) is 6.61 Å². The largest absolute Gasteiger partial charge is 0.507 e. The Morgan fingerprint density at radius 1 is 1.55 bits per heavy atom. The molecule has 0 bridgehead atoms. The topological polar surface area (TPSA) is 40.5 Å². The van der Waals surface area contributed by atoms with Gasteiger partial charge in [0.25, 0.3) is 0 Å². The van der Waals surface area contributed by atoms with E-state index in [9.17, 15) is 5.11 Å². The minimum absolute atomic E-state index is 0.104. The van der Waals surface area contributed by atoms with E-state index in [1.165, 1.54) is 0 Å². The maximum absolute atomic E-state index is 9.33. The van der Waals surface area contributed by atoms with Crippen LogP contribution in [0.3, 0.4) is 0 Å². The fourth-order valence-corrected chi connectivity index (χ4v) is 2.35. The number of aliphatic hydroxyl groups is 2. The van der Waals surface area contributed by atoms with E-state index in [1.807, 2.05) is 0 Å². The van der Waals surface area contributed by atoms with Gasteiger partial charge in [-0.1, -0.05) is 0 Å². The van der Waals surface area contributed by atoms with Crippen LogP contribution in [0.2, 0.25) is 0 Å². The van der Waals surface area contributed by atoms with Gasteiger partial charge in [-0.25, -0.2) is 0 Å². The van der Waals surface area contributed by atoms with Crippen LogP contribution in [0.4, 0.5) is 0 Å². The molecule has 1 unspecified atom stereocenters. The molecule has 2 N–H and O–H groups in total. The molecule has 4 heteroatoms. The number of halogens is 2. The van der Waals surface area contributed by atoms with Crippen LogP contribution in [0.1, 0.15) is 6.42 Å². The molecule has 0 aromatic heterocycles. The summed E-state index contributed by atoms with van der Waals surface area (Å²) in [4.78, 5) is 0. The second-order valence-corrected chi connectivity index (χ2v) is 4.96. The Morgan fingerprint density at radius 3 is 2.73 bits per heavy atom. The van der Waals surface area contributed by atoms with E-state index in [-0.39, 0.29) is 12.5 Å². The van der Waals surface area contributed by atoms with Crippen molar-refractivity contribution in [2.24, 2.45) is 5.92 Å². The fraction of sp³-hybridized carbons (Fsp3) is 0.429. The lowest BCUT2D eigenvalue weighted by molar-refractivity contribution is 0.247. The first-order valence-corrected chi connectivity index (χ1v) is 5.36. The molecule has 62 valence electrons. The second-order valence-electron chi connectivity index (χ2n) is 2.41. The lowest BCUT2D eigenvalue weighted by Crippen LogP contribution is -2.10. The quantitative estimate of drug-likeness (QED) is 0.689. The summed E-state index contributed by atoms with van der Waals surface area (Å²) in [6.07, 6.45) is 2.59. The number of hydrogen-bond acceptors (Lipinski definition) is 2. The van der Waals surface area contributed by atoms with Crippen molar-refractivity contribution in [3.05, 3.63) is 19.0 Å². The van der Waals surface area contributed by atoms with Crippen LogP contribution < -0.4 is 0 Å². The van der Waals surface area contributed by atoms with Crippen molar-refractivity contribution >= 4 is 45.2 Å². The van der Waals surface area contributed by atoms with E-state index in [4.69, 9.17) is 5.11 Å². The monoisotopic (exact) mass is 378 g/mol. The maximum Gasteiger partial charge on any atom is 0.125 e. The SMILES string of the molecule is OCC1CC(I)=CC(O)=C1I. The second kappa shape index (κ2) is 4.08. The average molecular weight is 378 g/mol. The molecular weight excluding hydrogens is 370 g/mol. The molecule has 1 aliphatic rings. The zero-order chi connectivity index (χ0) is 8.43. The van der Waals surface area contributed by atoms with Crippen LogP contribution in [-0.2, 0) is 0 Å². The van der Waals surface area contributed by atoms with Crippen molar-refractivity contribution in [1.29, 1.82) is 0 Å². The summed E-state index contributed by atoms with van der Waals surface area (Å²) in [7, 11) is 0. The lowest BCUT2D eigenvalue weighted by atomic mass is 10.0. The van der Waals surface area contributed by atoms with Gasteiger partial charge in [-0.05, 0) is 61.3 Å². The van der Waals surface area contributed by atoms with Crippen LogP contribution in [0.25, 0.3) is 0 Å². The van der Waals surface area contributed by atoms with Crippen molar-refractivity contribution in [2.45, 2.75) is 6.42 Å². The molecule has 0 fully saturated rings. The third kappa shape index (κ3) is 2.32. The average Bonchev–Trinajstić information content (AvgIpc) is 1.96. The Labute approximate surface area is 92.7 Å². The molecule has 0 heterocycles. The summed E-state index contributed by atoms with van der Waals surface area (Å²) in [6, 6.07) is 0. The predicted molar refractivity (Wildman–Crippen MR) is 61.0 cm³/mol. The highest BCUT2D eigenvalue weighted by Gasteiger charge is 2.19. The molecular formula is C7H8I2O2. The number of aliphatic hydroxyl groups excluding tert-OH is 2. The summed E-state index contributed by atoms with van der Waals surface area (Å²) < 4.78 is 1.96. The van der Waals surface area contributed by atoms with Gasteiger partial charge in [-0.15, -0.1) is 0 Å². The van der Waals surface area contributed by atoms with Gasteiger partial charge < -0.3 is 10.2 Å². The molecule has 0 radical (unpaired) electrons. The first-order valence-electron chi connectivity index (χ1n) is 3.20. The molecule has 1 rings (SSSR count). The van der Waals surface area contributed by atoms with Gasteiger partial charge >= 0.3 is 0 Å². The van der Waals surface area contributed by atoms with Gasteiger partial charge in [-0.3, -0.25) is 0 Å². The molecule has 0 aliphatic heterocycles. The summed E-state index contributed by atoms with van der Waals surface area (Å²) in [6.45, 7) is 0.114. The van der Waals surface area contributed by atoms with Crippen LogP contribution in [-0.4, -0.2) is 16.8 Å². The Bertz CT molecular complexity index is 220. The fourth-order valence-electron chi connectivity index (χ4n) is 0.955. The van der Waals surface area contributed by atoms with E-state index in [2.05, 4.69) is 45.2 Å². The predicted octanol–water partition coefficient (Wildman–Crippen LogP) is 2.52. The molecule has 11 heavy (non-hydrogen) atoms. The highest BCUT2D eigenvalue weighted by Crippen LogP contribution is 2.34. The zero-order valence-corrected chi connectivity index (χ0v) is 10.0. The normalized spacial score (nSPS) is 25.4. The minimum Gasteiger partial charge on any atom is -0.507 e. The Hall–Kier alpha value is 0.700. The highest BCUT2D eigenvalue weighted by atomic mass is 127. The molecule has 2 nitrogen and oxygen atoms in total. The molecule has 0 aromatic rings. The third-order valence-corrected chi connectivity index (χ3v) is 3.74. The van der Waals surface area contributed by atoms with Crippen LogP contribution in [0.15, 0.2) is 19.0 Å². The van der Waals surface area contributed by atoms with Crippen molar-refractivity contribution in [1.82, 2.24) is 0 Å². The van der Waals surface area contributed by atoms with Crippen molar-refractivity contribution in [2.75, 3.05) is 6.61 Å². The van der Waals surface area contributed by atoms with Gasteiger partial charge in [0.2, 0.25) is 0 Å². The van der Waals surface area contributed by atoms with Crippen molar-refractivity contribution in [3.8, 4) is 0 Å². The minimum atomic E-state index is 0.104. The molecule has 0 aromatic carbocycles. The van der Waals surface area contributed by atoms with Gasteiger partial charge in [-0.2, -0.15) is 0 Å². The smallest absolute Gasteiger partial charge is 0.125 e. The van der Waals surface area contributed by atoms with Gasteiger partial charge in [0.15, 0.2) is 0 Å². The van der Waals surface area contributed by atoms with E-state index in [1.54, 1.807) is 6.08 Å². The number of hydrogen-bond donors (Lipinski definition) is 2. The first kappa shape index (κ1) is 9.79. The van der Waals surface area contributed by atoms with E-state index in [0.29, 0.717) is 5.76 Å². The molecule has 0 saturated heterocycles. The van der Waals surface area contributed by atoms with E-state index >= 15 is 0 Å². The van der Waals surface area contributed by atoms with E-state index in [0.717, 1.165) is 13.6 Å². The van der Waals surface area contributed by atoms with E-state index < -0.39 is 0 Å². The first-order chi connectivity index (χ1) is 5.15. The van der Waals surface area contributed by atoms with Crippen LogP contribution in [0.5, 0.6) is 0 Å². The van der Waals surface area contributed by atoms with Crippen molar-refractivity contribution in [3.63, 3.8) is 0 Å². The van der Waals surface area contributed by atoms with Gasteiger partial charge in [0.1, 0.15) is 5.76 Å². The zero-order valence-electron chi connectivity index (χ0n) is 5.72. The molecule has 0 spiro atoms. The standard InChI is InChI=1S/C7H8I2O2/c8-5-1-4(3-10)7(9)6(11)2-5/h2,4,10-11H,1,3H2. The summed E-state index contributed by atoms with van der Waals surface area (Å²) >= 11 is 4.25. The summed E-state index contributed by atoms with van der Waals surface area (Å²) in [5, 5.41) is 18.2. The van der Waals surface area contributed by atoms with Crippen LogP contribution in [0, 0.1) is 5.92 Å².